The number of rotatable bonds is 4. The van der Waals surface area contributed by atoms with E-state index in [9.17, 15) is 13.2 Å². The monoisotopic (exact) mass is 370 g/mol. The topological polar surface area (TPSA) is 87.6 Å². The molecule has 2 rings (SSSR count). The minimum Gasteiger partial charge on any atom is -0.478 e. The molecule has 0 aliphatic heterocycles. The van der Waals surface area contributed by atoms with Gasteiger partial charge in [-0.3, -0.25) is 9.29 Å². The van der Waals surface area contributed by atoms with Gasteiger partial charge in [0.2, 0.25) is 0 Å². The van der Waals surface area contributed by atoms with E-state index in [1.807, 2.05) is 0 Å². The second kappa shape index (κ2) is 5.82. The van der Waals surface area contributed by atoms with Crippen molar-refractivity contribution in [2.75, 3.05) is 11.4 Å². The predicted molar refractivity (Wildman–Crippen MR) is 80.9 cm³/mol. The average molecular weight is 371 g/mol. The second-order valence-electron chi connectivity index (χ2n) is 4.13. The van der Waals surface area contributed by atoms with E-state index in [-0.39, 0.29) is 14.9 Å². The Morgan fingerprint density at radius 2 is 2.05 bits per heavy atom. The van der Waals surface area contributed by atoms with Crippen LogP contribution in [0.5, 0.6) is 0 Å². The third-order valence-corrected chi connectivity index (χ3v) is 5.59. The molecule has 0 spiro atoms. The van der Waals surface area contributed by atoms with Gasteiger partial charge in [-0.2, -0.15) is 0 Å². The van der Waals surface area contributed by atoms with E-state index < -0.39 is 16.0 Å². The molecule has 0 aliphatic rings. The number of carboxylic acids is 1. The standard InChI is InChI=1S/C13H11BrN2O4S/c1-16(10-3-2-6-15-8-10)21(19,20)12-5-4-9(13(17)18)7-11(12)14/h2-8H,1H3,(H,17,18). The number of pyridine rings is 1. The summed E-state index contributed by atoms with van der Waals surface area (Å²) >= 11 is 3.11. The van der Waals surface area contributed by atoms with Crippen LogP contribution >= 0.6 is 15.9 Å². The molecule has 0 aliphatic carbocycles. The van der Waals surface area contributed by atoms with Gasteiger partial charge in [-0.15, -0.1) is 0 Å². The summed E-state index contributed by atoms with van der Waals surface area (Å²) < 4.78 is 26.4. The molecule has 0 saturated carbocycles. The molecular weight excluding hydrogens is 360 g/mol. The fraction of sp³-hybridized carbons (Fsp3) is 0.0769. The quantitative estimate of drug-likeness (QED) is 0.892. The number of aromatic nitrogens is 1. The van der Waals surface area contributed by atoms with E-state index in [0.29, 0.717) is 5.69 Å². The van der Waals surface area contributed by atoms with Crippen molar-refractivity contribution in [1.82, 2.24) is 4.98 Å². The Morgan fingerprint density at radius 1 is 1.33 bits per heavy atom. The van der Waals surface area contributed by atoms with Crippen LogP contribution in [0.1, 0.15) is 10.4 Å². The van der Waals surface area contributed by atoms with Crippen LogP contribution < -0.4 is 4.31 Å². The Bertz CT molecular complexity index is 778. The lowest BCUT2D eigenvalue weighted by Gasteiger charge is -2.19. The maximum Gasteiger partial charge on any atom is 0.335 e. The van der Waals surface area contributed by atoms with E-state index >= 15 is 0 Å². The predicted octanol–water partition coefficient (Wildman–Crippen LogP) is 2.37. The molecular formula is C13H11BrN2O4S. The Labute approximate surface area is 130 Å². The van der Waals surface area contributed by atoms with Crippen LogP contribution in [-0.4, -0.2) is 31.5 Å². The van der Waals surface area contributed by atoms with Gasteiger partial charge >= 0.3 is 5.97 Å². The minimum atomic E-state index is -3.81. The average Bonchev–Trinajstić information content (AvgIpc) is 2.46. The zero-order valence-corrected chi connectivity index (χ0v) is 13.3. The van der Waals surface area contributed by atoms with E-state index in [2.05, 4.69) is 20.9 Å². The van der Waals surface area contributed by atoms with Crippen molar-refractivity contribution in [3.8, 4) is 0 Å². The molecule has 21 heavy (non-hydrogen) atoms. The van der Waals surface area contributed by atoms with Gasteiger partial charge in [0.25, 0.3) is 10.0 Å². The van der Waals surface area contributed by atoms with E-state index in [4.69, 9.17) is 5.11 Å². The zero-order chi connectivity index (χ0) is 15.6. The van der Waals surface area contributed by atoms with Gasteiger partial charge in [0, 0.05) is 17.7 Å². The van der Waals surface area contributed by atoms with Crippen LogP contribution in [0.3, 0.4) is 0 Å². The largest absolute Gasteiger partial charge is 0.478 e. The van der Waals surface area contributed by atoms with Gasteiger partial charge in [0.1, 0.15) is 4.90 Å². The number of nitrogens with zero attached hydrogens (tertiary/aromatic N) is 2. The molecule has 1 aromatic carbocycles. The Balaban J connectivity index is 2.47. The van der Waals surface area contributed by atoms with Gasteiger partial charge in [-0.05, 0) is 46.3 Å². The fourth-order valence-electron chi connectivity index (χ4n) is 1.67. The number of sulfonamides is 1. The summed E-state index contributed by atoms with van der Waals surface area (Å²) in [5.41, 5.74) is 0.413. The number of hydrogen-bond donors (Lipinski definition) is 1. The molecule has 8 heteroatoms. The summed E-state index contributed by atoms with van der Waals surface area (Å²) in [4.78, 5) is 14.7. The zero-order valence-electron chi connectivity index (χ0n) is 10.9. The molecule has 2 aromatic rings. The maximum atomic E-state index is 12.6. The summed E-state index contributed by atoms with van der Waals surface area (Å²) in [5.74, 6) is -1.12. The van der Waals surface area contributed by atoms with Gasteiger partial charge < -0.3 is 5.11 Å². The Kier molecular flexibility index (Phi) is 4.29. The van der Waals surface area contributed by atoms with Crippen LogP contribution in [0.2, 0.25) is 0 Å². The van der Waals surface area contributed by atoms with Crippen molar-refractivity contribution in [3.63, 3.8) is 0 Å². The van der Waals surface area contributed by atoms with Crippen LogP contribution in [0.25, 0.3) is 0 Å². The van der Waals surface area contributed by atoms with Gasteiger partial charge in [0.05, 0.1) is 17.4 Å². The van der Waals surface area contributed by atoms with Crippen LogP contribution in [0.15, 0.2) is 52.1 Å². The molecule has 0 radical (unpaired) electrons. The first-order valence-electron chi connectivity index (χ1n) is 5.76. The van der Waals surface area contributed by atoms with Gasteiger partial charge in [0.15, 0.2) is 0 Å². The van der Waals surface area contributed by atoms with E-state index in [1.54, 1.807) is 18.3 Å². The Hall–Kier alpha value is -1.93. The summed E-state index contributed by atoms with van der Waals surface area (Å²) in [5, 5.41) is 8.90. The summed E-state index contributed by atoms with van der Waals surface area (Å²) in [7, 11) is -2.41. The highest BCUT2D eigenvalue weighted by molar-refractivity contribution is 9.10. The third kappa shape index (κ3) is 3.06. The normalized spacial score (nSPS) is 11.1. The molecule has 0 bridgehead atoms. The van der Waals surface area contributed by atoms with Crippen molar-refractivity contribution < 1.29 is 18.3 Å². The number of anilines is 1. The summed E-state index contributed by atoms with van der Waals surface area (Å²) in [6.45, 7) is 0. The molecule has 0 saturated heterocycles. The lowest BCUT2D eigenvalue weighted by atomic mass is 10.2. The fourth-order valence-corrected chi connectivity index (χ4v) is 3.89. The lowest BCUT2D eigenvalue weighted by Crippen LogP contribution is -2.27. The van der Waals surface area contributed by atoms with Crippen LogP contribution in [-0.2, 0) is 10.0 Å². The number of halogens is 1. The van der Waals surface area contributed by atoms with Crippen LogP contribution in [0.4, 0.5) is 5.69 Å². The maximum absolute atomic E-state index is 12.6. The third-order valence-electron chi connectivity index (χ3n) is 2.83. The highest BCUT2D eigenvalue weighted by Crippen LogP contribution is 2.28. The number of carbonyl (C=O) groups is 1. The number of benzene rings is 1. The Morgan fingerprint density at radius 3 is 2.57 bits per heavy atom. The van der Waals surface area contributed by atoms with E-state index in [1.165, 1.54) is 31.4 Å². The van der Waals surface area contributed by atoms with Crippen molar-refractivity contribution in [1.29, 1.82) is 0 Å². The number of aromatic carboxylic acids is 1. The first kappa shape index (κ1) is 15.5. The van der Waals surface area contributed by atoms with Crippen molar-refractivity contribution >= 4 is 37.6 Å². The molecule has 0 fully saturated rings. The summed E-state index contributed by atoms with van der Waals surface area (Å²) in [6, 6.07) is 7.01. The molecule has 1 heterocycles. The molecule has 6 nitrogen and oxygen atoms in total. The smallest absolute Gasteiger partial charge is 0.335 e. The van der Waals surface area contributed by atoms with Gasteiger partial charge in [-0.1, -0.05) is 0 Å². The van der Waals surface area contributed by atoms with Crippen molar-refractivity contribution in [2.45, 2.75) is 4.90 Å². The first-order chi connectivity index (χ1) is 9.84. The second-order valence-corrected chi connectivity index (χ2v) is 6.93. The molecule has 1 N–H and O–H groups in total. The first-order valence-corrected chi connectivity index (χ1v) is 7.99. The van der Waals surface area contributed by atoms with Crippen molar-refractivity contribution in [3.05, 3.63) is 52.8 Å². The summed E-state index contributed by atoms with van der Waals surface area (Å²) in [6.07, 6.45) is 2.97. The SMILES string of the molecule is CN(c1cccnc1)S(=O)(=O)c1ccc(C(=O)O)cc1Br. The van der Waals surface area contributed by atoms with Crippen LogP contribution in [0, 0.1) is 0 Å². The molecule has 1 aromatic heterocycles. The van der Waals surface area contributed by atoms with Crippen molar-refractivity contribution in [2.24, 2.45) is 0 Å². The minimum absolute atomic E-state index is 0.00450. The molecule has 110 valence electrons. The van der Waals surface area contributed by atoms with E-state index in [0.717, 1.165) is 4.31 Å². The molecule has 0 amide bonds. The van der Waals surface area contributed by atoms with Gasteiger partial charge in [-0.25, -0.2) is 13.2 Å². The molecule has 0 atom stereocenters. The highest BCUT2D eigenvalue weighted by atomic mass is 79.9. The number of hydrogen-bond acceptors (Lipinski definition) is 4. The molecule has 0 unspecified atom stereocenters. The lowest BCUT2D eigenvalue weighted by molar-refractivity contribution is 0.0696. The highest BCUT2D eigenvalue weighted by Gasteiger charge is 2.24. The number of carboxylic acid groups (broad SMARTS) is 1.